The van der Waals surface area contributed by atoms with Crippen LogP contribution in [0.2, 0.25) is 0 Å². The van der Waals surface area contributed by atoms with Crippen molar-refractivity contribution in [1.29, 1.82) is 0 Å². The van der Waals surface area contributed by atoms with Crippen LogP contribution in [0.5, 0.6) is 0 Å². The number of amides is 1. The summed E-state index contributed by atoms with van der Waals surface area (Å²) in [6, 6.07) is 12.5. The molecule has 0 aliphatic rings. The van der Waals surface area contributed by atoms with Gasteiger partial charge in [0, 0.05) is 29.9 Å². The number of halogens is 3. The first-order valence-corrected chi connectivity index (χ1v) is 10.3. The lowest BCUT2D eigenvalue weighted by Gasteiger charge is -2.23. The maximum absolute atomic E-state index is 13.5. The molecule has 10 heteroatoms. The van der Waals surface area contributed by atoms with Crippen LogP contribution in [-0.2, 0) is 19.3 Å². The third-order valence-corrected chi connectivity index (χ3v) is 5.30. The van der Waals surface area contributed by atoms with E-state index in [9.17, 15) is 18.0 Å². The van der Waals surface area contributed by atoms with Gasteiger partial charge in [-0.1, -0.05) is 6.07 Å². The summed E-state index contributed by atoms with van der Waals surface area (Å²) >= 11 is 0. The number of carbonyl (C=O) groups is 1. The van der Waals surface area contributed by atoms with Gasteiger partial charge in [0.2, 0.25) is 0 Å². The predicted molar refractivity (Wildman–Crippen MR) is 122 cm³/mol. The minimum atomic E-state index is -4.49. The Morgan fingerprint density at radius 1 is 0.971 bits per heavy atom. The molecule has 0 saturated heterocycles. The smallest absolute Gasteiger partial charge is 0.384 e. The van der Waals surface area contributed by atoms with E-state index >= 15 is 0 Å². The van der Waals surface area contributed by atoms with Gasteiger partial charge in [-0.25, -0.2) is 9.97 Å². The first kappa shape index (κ1) is 23.0. The van der Waals surface area contributed by atoms with Gasteiger partial charge in [-0.3, -0.25) is 9.78 Å². The lowest BCUT2D eigenvalue weighted by Crippen LogP contribution is -2.30. The molecule has 3 aromatic heterocycles. The van der Waals surface area contributed by atoms with Crippen molar-refractivity contribution in [2.75, 3.05) is 11.5 Å². The summed E-state index contributed by atoms with van der Waals surface area (Å²) in [6.45, 7) is 1.98. The van der Waals surface area contributed by atoms with Gasteiger partial charge in [0.15, 0.2) is 0 Å². The fraction of sp³-hybridized carbons (Fsp3) is 0.167. The van der Waals surface area contributed by atoms with Crippen molar-refractivity contribution in [2.24, 2.45) is 0 Å². The van der Waals surface area contributed by atoms with Crippen LogP contribution in [0.25, 0.3) is 10.9 Å². The number of nitrogen functional groups attached to an aromatic ring is 2. The third-order valence-electron chi connectivity index (χ3n) is 5.30. The maximum atomic E-state index is 13.5. The summed E-state index contributed by atoms with van der Waals surface area (Å²) in [4.78, 5) is 27.2. The second kappa shape index (κ2) is 8.97. The number of nitrogens with zero attached hydrogens (tertiary/aromatic N) is 4. The molecule has 4 N–H and O–H groups in total. The summed E-state index contributed by atoms with van der Waals surface area (Å²) in [5.41, 5.74) is 13.5. The highest BCUT2D eigenvalue weighted by Crippen LogP contribution is 2.28. The number of nitrogens with two attached hydrogens (primary N) is 2. The molecule has 1 aromatic carbocycles. The SMILES string of the molecule is Cc1cc2cc(C(=O)N(Cc3ccc(N)nc3)Cc3ccc(C(F)(F)F)cn3)ccc2nc1N. The molecule has 0 unspecified atom stereocenters. The second-order valence-corrected chi connectivity index (χ2v) is 7.89. The number of alkyl halides is 3. The zero-order chi connectivity index (χ0) is 24.5. The Morgan fingerprint density at radius 3 is 2.41 bits per heavy atom. The molecule has 0 aliphatic carbocycles. The fourth-order valence-corrected chi connectivity index (χ4v) is 3.44. The summed E-state index contributed by atoms with van der Waals surface area (Å²) in [6.07, 6.45) is -2.18. The van der Waals surface area contributed by atoms with E-state index in [0.29, 0.717) is 34.0 Å². The van der Waals surface area contributed by atoms with Crippen LogP contribution in [0.4, 0.5) is 24.8 Å². The summed E-state index contributed by atoms with van der Waals surface area (Å²) in [7, 11) is 0. The summed E-state index contributed by atoms with van der Waals surface area (Å²) in [5.74, 6) is 0.426. The largest absolute Gasteiger partial charge is 0.417 e. The minimum absolute atomic E-state index is 0.00159. The Balaban J connectivity index is 1.66. The van der Waals surface area contributed by atoms with Crippen molar-refractivity contribution in [3.05, 3.63) is 88.9 Å². The molecule has 4 rings (SSSR count). The van der Waals surface area contributed by atoms with Gasteiger partial charge in [-0.2, -0.15) is 13.2 Å². The molecular weight excluding hydrogens is 445 g/mol. The molecular formula is C24H21F3N6O. The molecule has 0 saturated carbocycles. The number of aromatic nitrogens is 3. The Labute approximate surface area is 193 Å². The van der Waals surface area contributed by atoms with Crippen LogP contribution in [-0.4, -0.2) is 25.8 Å². The normalized spacial score (nSPS) is 11.5. The van der Waals surface area contributed by atoms with E-state index in [2.05, 4.69) is 15.0 Å². The molecule has 1 amide bonds. The molecule has 7 nitrogen and oxygen atoms in total. The van der Waals surface area contributed by atoms with Gasteiger partial charge in [0.1, 0.15) is 11.6 Å². The van der Waals surface area contributed by atoms with Crippen molar-refractivity contribution < 1.29 is 18.0 Å². The van der Waals surface area contributed by atoms with Crippen LogP contribution >= 0.6 is 0 Å². The number of aryl methyl sites for hydroxylation is 1. The van der Waals surface area contributed by atoms with Crippen molar-refractivity contribution in [3.63, 3.8) is 0 Å². The minimum Gasteiger partial charge on any atom is -0.384 e. The quantitative estimate of drug-likeness (QED) is 0.452. The van der Waals surface area contributed by atoms with E-state index < -0.39 is 11.7 Å². The number of rotatable bonds is 5. The molecule has 0 aliphatic heterocycles. The lowest BCUT2D eigenvalue weighted by molar-refractivity contribution is -0.137. The van der Waals surface area contributed by atoms with Crippen molar-refractivity contribution in [1.82, 2.24) is 19.9 Å². The van der Waals surface area contributed by atoms with Crippen molar-refractivity contribution in [2.45, 2.75) is 26.2 Å². The number of anilines is 2. The average molecular weight is 466 g/mol. The first-order chi connectivity index (χ1) is 16.1. The third kappa shape index (κ3) is 5.06. The molecule has 34 heavy (non-hydrogen) atoms. The average Bonchev–Trinajstić information content (AvgIpc) is 2.80. The molecule has 0 bridgehead atoms. The van der Waals surface area contributed by atoms with Crippen LogP contribution in [0.3, 0.4) is 0 Å². The lowest BCUT2D eigenvalue weighted by atomic mass is 10.1. The van der Waals surface area contributed by atoms with Gasteiger partial charge in [0.25, 0.3) is 5.91 Å². The molecule has 0 atom stereocenters. The summed E-state index contributed by atoms with van der Waals surface area (Å²) < 4.78 is 38.7. The van der Waals surface area contributed by atoms with Gasteiger partial charge >= 0.3 is 6.18 Å². The second-order valence-electron chi connectivity index (χ2n) is 7.89. The van der Waals surface area contributed by atoms with Crippen LogP contribution in [0, 0.1) is 6.92 Å². The number of hydrogen-bond acceptors (Lipinski definition) is 6. The molecule has 174 valence electrons. The Hall–Kier alpha value is -4.21. The van der Waals surface area contributed by atoms with Crippen molar-refractivity contribution >= 4 is 28.4 Å². The monoisotopic (exact) mass is 466 g/mol. The number of hydrogen-bond donors (Lipinski definition) is 2. The summed E-state index contributed by atoms with van der Waals surface area (Å²) in [5, 5.41) is 0.749. The Morgan fingerprint density at radius 2 is 1.76 bits per heavy atom. The van der Waals surface area contributed by atoms with Gasteiger partial charge < -0.3 is 16.4 Å². The molecule has 0 fully saturated rings. The topological polar surface area (TPSA) is 111 Å². The Bertz CT molecular complexity index is 1340. The highest BCUT2D eigenvalue weighted by atomic mass is 19.4. The number of benzene rings is 1. The van der Waals surface area contributed by atoms with E-state index in [-0.39, 0.29) is 19.0 Å². The zero-order valence-electron chi connectivity index (χ0n) is 18.2. The number of carbonyl (C=O) groups excluding carboxylic acids is 1. The first-order valence-electron chi connectivity index (χ1n) is 10.3. The molecule has 4 aromatic rings. The highest BCUT2D eigenvalue weighted by molar-refractivity contribution is 5.98. The van der Waals surface area contributed by atoms with Gasteiger partial charge in [-0.15, -0.1) is 0 Å². The van der Waals surface area contributed by atoms with E-state index in [4.69, 9.17) is 11.5 Å². The van der Waals surface area contributed by atoms with Crippen LogP contribution < -0.4 is 11.5 Å². The number of pyridine rings is 3. The fourth-order valence-electron chi connectivity index (χ4n) is 3.44. The molecule has 0 spiro atoms. The van der Waals surface area contributed by atoms with E-state index in [1.807, 2.05) is 13.0 Å². The standard InChI is InChI=1S/C24H21F3N6O/c1-14-8-17-9-16(3-6-20(17)32-22(14)29)23(34)33(12-15-2-7-21(28)31-10-15)13-19-5-4-18(11-30-19)24(25,26)27/h2-11H,12-13H2,1H3,(H2,28,31)(H2,29,32). The van der Waals surface area contributed by atoms with Crippen LogP contribution in [0.15, 0.2) is 60.9 Å². The van der Waals surface area contributed by atoms with E-state index in [1.165, 1.54) is 11.0 Å². The predicted octanol–water partition coefficient (Wildman–Crippen LogP) is 4.36. The zero-order valence-corrected chi connectivity index (χ0v) is 18.2. The van der Waals surface area contributed by atoms with Gasteiger partial charge in [0.05, 0.1) is 23.3 Å². The highest BCUT2D eigenvalue weighted by Gasteiger charge is 2.30. The van der Waals surface area contributed by atoms with E-state index in [0.717, 1.165) is 23.2 Å². The van der Waals surface area contributed by atoms with Crippen molar-refractivity contribution in [3.8, 4) is 0 Å². The Kier molecular flexibility index (Phi) is 6.06. The number of fused-ring (bicyclic) bond motifs is 1. The van der Waals surface area contributed by atoms with E-state index in [1.54, 1.807) is 36.5 Å². The van der Waals surface area contributed by atoms with Crippen LogP contribution in [0.1, 0.15) is 32.7 Å². The maximum Gasteiger partial charge on any atom is 0.417 e. The molecule has 3 heterocycles. The molecule has 0 radical (unpaired) electrons. The van der Waals surface area contributed by atoms with Gasteiger partial charge in [-0.05, 0) is 60.5 Å².